The average Bonchev–Trinajstić information content (AvgIpc) is 2.89. The number of rotatable bonds is 2. The van der Waals surface area contributed by atoms with Crippen LogP contribution in [0.4, 0.5) is 0 Å². The zero-order chi connectivity index (χ0) is 14.2. The molecule has 0 aliphatic carbocycles. The lowest BCUT2D eigenvalue weighted by molar-refractivity contribution is 0.305. The van der Waals surface area contributed by atoms with Crippen LogP contribution in [0.15, 0.2) is 29.1 Å². The third-order valence-electron chi connectivity index (χ3n) is 4.71. The average molecular weight is 284 g/mol. The number of aromatic amines is 1. The highest BCUT2D eigenvalue weighted by Crippen LogP contribution is 2.25. The molecule has 2 aliphatic rings. The Kier molecular flexibility index (Phi) is 3.24. The van der Waals surface area contributed by atoms with Crippen LogP contribution in [0.1, 0.15) is 18.7 Å². The fraction of sp³-hybridized carbons (Fsp3) is 0.500. The molecular weight excluding hydrogens is 264 g/mol. The fourth-order valence-electron chi connectivity index (χ4n) is 3.69. The first-order valence-electron chi connectivity index (χ1n) is 7.73. The maximum atomic E-state index is 12.1. The van der Waals surface area contributed by atoms with Gasteiger partial charge in [-0.3, -0.25) is 9.69 Å². The highest BCUT2D eigenvalue weighted by Gasteiger charge is 2.34. The van der Waals surface area contributed by atoms with Crippen molar-refractivity contribution in [1.29, 1.82) is 0 Å². The zero-order valence-electron chi connectivity index (χ0n) is 12.0. The van der Waals surface area contributed by atoms with Crippen molar-refractivity contribution >= 4 is 10.9 Å². The quantitative estimate of drug-likeness (QED) is 0.867. The summed E-state index contributed by atoms with van der Waals surface area (Å²) in [6.45, 7) is 4.03. The molecular formula is C16H20N4O. The molecule has 2 aromatic rings. The Balaban J connectivity index is 1.56. The largest absolute Gasteiger partial charge is 0.312 e. The summed E-state index contributed by atoms with van der Waals surface area (Å²) in [7, 11) is 0. The summed E-state index contributed by atoms with van der Waals surface area (Å²) < 4.78 is 0. The van der Waals surface area contributed by atoms with Crippen molar-refractivity contribution in [2.75, 3.05) is 19.6 Å². The smallest absolute Gasteiger partial charge is 0.258 e. The Labute approximate surface area is 123 Å². The number of para-hydroxylation sites is 1. The van der Waals surface area contributed by atoms with E-state index in [9.17, 15) is 4.79 Å². The van der Waals surface area contributed by atoms with Crippen LogP contribution in [-0.2, 0) is 6.54 Å². The number of hydrogen-bond donors (Lipinski definition) is 2. The summed E-state index contributed by atoms with van der Waals surface area (Å²) in [6.07, 6.45) is 2.59. The molecule has 5 heteroatoms. The van der Waals surface area contributed by atoms with Gasteiger partial charge in [-0.05, 0) is 37.4 Å². The normalized spacial score (nSPS) is 26.1. The van der Waals surface area contributed by atoms with Gasteiger partial charge in [0, 0.05) is 19.1 Å². The van der Waals surface area contributed by atoms with Gasteiger partial charge in [0.05, 0.1) is 17.4 Å². The first-order valence-corrected chi connectivity index (χ1v) is 7.73. The molecule has 4 rings (SSSR count). The van der Waals surface area contributed by atoms with E-state index in [0.29, 0.717) is 11.4 Å². The molecule has 2 N–H and O–H groups in total. The van der Waals surface area contributed by atoms with Crippen molar-refractivity contribution in [2.45, 2.75) is 25.4 Å². The zero-order valence-corrected chi connectivity index (χ0v) is 12.0. The molecule has 0 amide bonds. The van der Waals surface area contributed by atoms with Crippen molar-refractivity contribution in [1.82, 2.24) is 20.2 Å². The van der Waals surface area contributed by atoms with Crippen LogP contribution in [-0.4, -0.2) is 40.5 Å². The molecule has 2 atom stereocenters. The Morgan fingerprint density at radius 2 is 2.19 bits per heavy atom. The highest BCUT2D eigenvalue weighted by molar-refractivity contribution is 5.77. The lowest BCUT2D eigenvalue weighted by atomic mass is 9.94. The molecule has 0 spiro atoms. The van der Waals surface area contributed by atoms with Gasteiger partial charge in [0.2, 0.25) is 0 Å². The number of likely N-dealkylation sites (tertiary alicyclic amines) is 1. The maximum Gasteiger partial charge on any atom is 0.258 e. The van der Waals surface area contributed by atoms with Crippen molar-refractivity contribution in [3.05, 3.63) is 40.4 Å². The Morgan fingerprint density at radius 1 is 1.29 bits per heavy atom. The summed E-state index contributed by atoms with van der Waals surface area (Å²) >= 11 is 0. The van der Waals surface area contributed by atoms with Gasteiger partial charge in [0.15, 0.2) is 0 Å². The van der Waals surface area contributed by atoms with Crippen molar-refractivity contribution in [3.8, 4) is 0 Å². The first-order chi connectivity index (χ1) is 10.3. The minimum atomic E-state index is -0.0367. The van der Waals surface area contributed by atoms with E-state index in [1.165, 1.54) is 12.8 Å². The number of fused-ring (bicyclic) bond motifs is 2. The van der Waals surface area contributed by atoms with E-state index >= 15 is 0 Å². The van der Waals surface area contributed by atoms with Crippen molar-refractivity contribution in [2.24, 2.45) is 5.92 Å². The van der Waals surface area contributed by atoms with Gasteiger partial charge in [-0.25, -0.2) is 4.98 Å². The predicted molar refractivity (Wildman–Crippen MR) is 82.2 cm³/mol. The number of H-pyrrole nitrogens is 1. The molecule has 0 bridgehead atoms. The standard InChI is InChI=1S/C16H20N4O/c21-16-12-5-1-2-6-13(12)18-15(19-16)10-20-8-11-4-3-7-17-14(11)9-20/h1-2,5-6,11,14,17H,3-4,7-10H2,(H,18,19,21). The van der Waals surface area contributed by atoms with Gasteiger partial charge in [-0.2, -0.15) is 0 Å². The lowest BCUT2D eigenvalue weighted by Gasteiger charge is -2.24. The highest BCUT2D eigenvalue weighted by atomic mass is 16.1. The maximum absolute atomic E-state index is 12.1. The second kappa shape index (κ2) is 5.24. The Bertz CT molecular complexity index is 697. The van der Waals surface area contributed by atoms with E-state index in [1.54, 1.807) is 0 Å². The molecule has 1 aromatic carbocycles. The number of benzene rings is 1. The minimum Gasteiger partial charge on any atom is -0.312 e. The molecule has 110 valence electrons. The van der Waals surface area contributed by atoms with E-state index in [0.717, 1.165) is 43.4 Å². The van der Waals surface area contributed by atoms with Crippen LogP contribution in [0.3, 0.4) is 0 Å². The van der Waals surface area contributed by atoms with Gasteiger partial charge in [0.25, 0.3) is 5.56 Å². The van der Waals surface area contributed by atoms with Crippen LogP contribution in [0.25, 0.3) is 10.9 Å². The van der Waals surface area contributed by atoms with Crippen LogP contribution < -0.4 is 10.9 Å². The molecule has 21 heavy (non-hydrogen) atoms. The molecule has 2 fully saturated rings. The van der Waals surface area contributed by atoms with Crippen LogP contribution in [0.5, 0.6) is 0 Å². The van der Waals surface area contributed by atoms with Crippen LogP contribution in [0.2, 0.25) is 0 Å². The summed E-state index contributed by atoms with van der Waals surface area (Å²) in [4.78, 5) is 22.0. The molecule has 0 saturated carbocycles. The van der Waals surface area contributed by atoms with Crippen LogP contribution >= 0.6 is 0 Å². The van der Waals surface area contributed by atoms with Gasteiger partial charge in [0.1, 0.15) is 5.82 Å². The van der Waals surface area contributed by atoms with E-state index in [-0.39, 0.29) is 5.56 Å². The Hall–Kier alpha value is -1.72. The second-order valence-corrected chi connectivity index (χ2v) is 6.19. The van der Waals surface area contributed by atoms with Gasteiger partial charge in [-0.1, -0.05) is 12.1 Å². The molecule has 5 nitrogen and oxygen atoms in total. The van der Waals surface area contributed by atoms with Crippen molar-refractivity contribution < 1.29 is 0 Å². The molecule has 3 heterocycles. The molecule has 0 radical (unpaired) electrons. The van der Waals surface area contributed by atoms with Gasteiger partial charge in [-0.15, -0.1) is 0 Å². The first kappa shape index (κ1) is 13.0. The number of nitrogens with one attached hydrogen (secondary N) is 2. The number of hydrogen-bond acceptors (Lipinski definition) is 4. The summed E-state index contributed by atoms with van der Waals surface area (Å²) in [5, 5.41) is 4.27. The predicted octanol–water partition coefficient (Wildman–Crippen LogP) is 1.11. The molecule has 2 unspecified atom stereocenters. The molecule has 2 aliphatic heterocycles. The summed E-state index contributed by atoms with van der Waals surface area (Å²) in [5.74, 6) is 1.53. The third-order valence-corrected chi connectivity index (χ3v) is 4.71. The van der Waals surface area contributed by atoms with Gasteiger partial charge >= 0.3 is 0 Å². The van der Waals surface area contributed by atoms with Crippen LogP contribution in [0, 0.1) is 5.92 Å². The SMILES string of the molecule is O=c1[nH]c(CN2CC3CCCNC3C2)nc2ccccc12. The second-order valence-electron chi connectivity index (χ2n) is 6.19. The summed E-state index contributed by atoms with van der Waals surface area (Å²) in [6, 6.07) is 8.13. The topological polar surface area (TPSA) is 61.0 Å². The minimum absolute atomic E-state index is 0.0367. The third kappa shape index (κ3) is 2.47. The van der Waals surface area contributed by atoms with E-state index in [4.69, 9.17) is 0 Å². The van der Waals surface area contributed by atoms with Crippen molar-refractivity contribution in [3.63, 3.8) is 0 Å². The fourth-order valence-corrected chi connectivity index (χ4v) is 3.69. The Morgan fingerprint density at radius 3 is 3.10 bits per heavy atom. The molecule has 2 saturated heterocycles. The number of aromatic nitrogens is 2. The number of nitrogens with zero attached hydrogens (tertiary/aromatic N) is 2. The molecule has 1 aromatic heterocycles. The lowest BCUT2D eigenvalue weighted by Crippen LogP contribution is -2.40. The summed E-state index contributed by atoms with van der Waals surface area (Å²) in [5.41, 5.74) is 0.747. The monoisotopic (exact) mass is 284 g/mol. The van der Waals surface area contributed by atoms with E-state index < -0.39 is 0 Å². The van der Waals surface area contributed by atoms with E-state index in [2.05, 4.69) is 20.2 Å². The number of piperidine rings is 1. The van der Waals surface area contributed by atoms with Gasteiger partial charge < -0.3 is 10.3 Å². The van der Waals surface area contributed by atoms with E-state index in [1.807, 2.05) is 24.3 Å².